The summed E-state index contributed by atoms with van der Waals surface area (Å²) in [5.41, 5.74) is 0.500. The fourth-order valence-electron chi connectivity index (χ4n) is 1.87. The molecule has 1 rings (SSSR count). The number of amides is 1. The molecule has 0 fully saturated rings. The first-order chi connectivity index (χ1) is 10.3. The molecule has 122 valence electrons. The first-order valence-electron chi connectivity index (χ1n) is 7.24. The van der Waals surface area contributed by atoms with E-state index in [0.717, 1.165) is 11.3 Å². The van der Waals surface area contributed by atoms with E-state index in [4.69, 9.17) is 14.6 Å². The zero-order chi connectivity index (χ0) is 16.6. The molecule has 22 heavy (non-hydrogen) atoms. The summed E-state index contributed by atoms with van der Waals surface area (Å²) in [4.78, 5) is 11.9. The number of alkyl carbamates (subject to hydrolysis) is 1. The first kappa shape index (κ1) is 18.0. The van der Waals surface area contributed by atoms with Gasteiger partial charge in [-0.15, -0.1) is 0 Å². The maximum absolute atomic E-state index is 11.9. The number of carbonyl (C=O) groups is 1. The van der Waals surface area contributed by atoms with Crippen molar-refractivity contribution in [2.75, 3.05) is 13.7 Å². The topological polar surface area (TPSA) is 67.8 Å². The second kappa shape index (κ2) is 8.44. The van der Waals surface area contributed by atoms with Gasteiger partial charge in [0, 0.05) is 0 Å². The lowest BCUT2D eigenvalue weighted by Gasteiger charge is -2.22. The molecule has 2 N–H and O–H groups in total. The third-order valence-corrected chi connectivity index (χ3v) is 2.79. The molecular formula is C17H25NO4. The predicted molar refractivity (Wildman–Crippen MR) is 86.1 cm³/mol. The number of hydrogen-bond donors (Lipinski definition) is 2. The van der Waals surface area contributed by atoms with Crippen molar-refractivity contribution in [2.45, 2.75) is 38.8 Å². The number of aliphatic hydroxyl groups excluding tert-OH is 1. The van der Waals surface area contributed by atoms with E-state index in [1.54, 1.807) is 19.3 Å². The number of ether oxygens (including phenoxy) is 2. The molecule has 0 heterocycles. The van der Waals surface area contributed by atoms with Crippen molar-refractivity contribution in [3.63, 3.8) is 0 Å². The lowest BCUT2D eigenvalue weighted by molar-refractivity contribution is 0.0514. The minimum atomic E-state index is -0.546. The van der Waals surface area contributed by atoms with E-state index < -0.39 is 11.7 Å². The van der Waals surface area contributed by atoms with Gasteiger partial charge < -0.3 is 19.9 Å². The van der Waals surface area contributed by atoms with Crippen LogP contribution in [0.5, 0.6) is 5.75 Å². The van der Waals surface area contributed by atoms with Crippen LogP contribution in [0.2, 0.25) is 0 Å². The molecule has 1 amide bonds. The van der Waals surface area contributed by atoms with Crippen LogP contribution in [0, 0.1) is 0 Å². The molecule has 0 aliphatic carbocycles. The van der Waals surface area contributed by atoms with E-state index in [0.29, 0.717) is 6.42 Å². The minimum absolute atomic E-state index is 0.0743. The standard InChI is InChI=1S/C17H25NO4/c1-17(2,3)22-16(20)18-14(6-5-11-19)12-13-7-9-15(21-4)10-8-13/h5-10,14,19H,11-12H2,1-4H3,(H,18,20)/b6-5-/t14-/m0/s1. The molecule has 0 aliphatic heterocycles. The van der Waals surface area contributed by atoms with Gasteiger partial charge in [-0.25, -0.2) is 4.79 Å². The number of rotatable bonds is 6. The molecule has 0 saturated heterocycles. The van der Waals surface area contributed by atoms with Crippen LogP contribution in [0.4, 0.5) is 4.79 Å². The summed E-state index contributed by atoms with van der Waals surface area (Å²) in [6.45, 7) is 5.37. The summed E-state index contributed by atoms with van der Waals surface area (Å²) in [6, 6.07) is 7.37. The highest BCUT2D eigenvalue weighted by molar-refractivity contribution is 5.68. The van der Waals surface area contributed by atoms with Crippen molar-refractivity contribution >= 4 is 6.09 Å². The molecule has 5 nitrogen and oxygen atoms in total. The number of hydrogen-bond acceptors (Lipinski definition) is 4. The van der Waals surface area contributed by atoms with Crippen LogP contribution in [-0.2, 0) is 11.2 Å². The van der Waals surface area contributed by atoms with Gasteiger partial charge in [0.15, 0.2) is 0 Å². The number of aliphatic hydroxyl groups is 1. The maximum atomic E-state index is 11.9. The molecule has 0 aromatic heterocycles. The summed E-state index contributed by atoms with van der Waals surface area (Å²) in [5, 5.41) is 11.7. The van der Waals surface area contributed by atoms with E-state index >= 15 is 0 Å². The Balaban J connectivity index is 2.71. The van der Waals surface area contributed by atoms with Gasteiger partial charge in [-0.2, -0.15) is 0 Å². The average Bonchev–Trinajstić information content (AvgIpc) is 2.43. The Hall–Kier alpha value is -2.01. The Kier molecular flexibility index (Phi) is 6.92. The zero-order valence-corrected chi connectivity index (χ0v) is 13.6. The summed E-state index contributed by atoms with van der Waals surface area (Å²) < 4.78 is 10.4. The van der Waals surface area contributed by atoms with Crippen molar-refractivity contribution in [3.8, 4) is 5.75 Å². The highest BCUT2D eigenvalue weighted by Gasteiger charge is 2.18. The number of carbonyl (C=O) groups excluding carboxylic acids is 1. The molecule has 1 atom stereocenters. The first-order valence-corrected chi connectivity index (χ1v) is 7.24. The number of methoxy groups -OCH3 is 1. The quantitative estimate of drug-likeness (QED) is 0.793. The van der Waals surface area contributed by atoms with Crippen LogP contribution in [0.3, 0.4) is 0 Å². The molecule has 1 aromatic rings. The van der Waals surface area contributed by atoms with Gasteiger partial charge in [0.05, 0.1) is 19.8 Å². The molecular weight excluding hydrogens is 282 g/mol. The van der Waals surface area contributed by atoms with Gasteiger partial charge >= 0.3 is 6.09 Å². The van der Waals surface area contributed by atoms with Crippen molar-refractivity contribution in [3.05, 3.63) is 42.0 Å². The van der Waals surface area contributed by atoms with Crippen molar-refractivity contribution in [2.24, 2.45) is 0 Å². The summed E-state index contributed by atoms with van der Waals surface area (Å²) in [7, 11) is 1.62. The SMILES string of the molecule is COc1ccc(C[C@H](/C=C\CO)NC(=O)OC(C)(C)C)cc1. The molecule has 0 radical (unpaired) electrons. The third kappa shape index (κ3) is 7.13. The van der Waals surface area contributed by atoms with Crippen molar-refractivity contribution < 1.29 is 19.4 Å². The smallest absolute Gasteiger partial charge is 0.408 e. The Morgan fingerprint density at radius 3 is 2.45 bits per heavy atom. The van der Waals surface area contributed by atoms with Crippen LogP contribution in [0.25, 0.3) is 0 Å². The second-order valence-electron chi connectivity index (χ2n) is 5.92. The van der Waals surface area contributed by atoms with E-state index in [9.17, 15) is 4.79 Å². The van der Waals surface area contributed by atoms with Crippen LogP contribution >= 0.6 is 0 Å². The molecule has 5 heteroatoms. The Morgan fingerprint density at radius 1 is 1.32 bits per heavy atom. The Morgan fingerprint density at radius 2 is 1.95 bits per heavy atom. The predicted octanol–water partition coefficient (Wildman–Crippen LogP) is 2.68. The van der Waals surface area contributed by atoms with Gasteiger partial charge in [-0.3, -0.25) is 0 Å². The molecule has 0 aliphatic rings. The van der Waals surface area contributed by atoms with Gasteiger partial charge in [0.1, 0.15) is 11.4 Å². The van der Waals surface area contributed by atoms with E-state index in [2.05, 4.69) is 5.32 Å². The van der Waals surface area contributed by atoms with Crippen molar-refractivity contribution in [1.29, 1.82) is 0 Å². The highest BCUT2D eigenvalue weighted by Crippen LogP contribution is 2.13. The zero-order valence-electron chi connectivity index (χ0n) is 13.6. The van der Waals surface area contributed by atoms with Gasteiger partial charge in [0.25, 0.3) is 0 Å². The second-order valence-corrected chi connectivity index (χ2v) is 5.92. The summed E-state index contributed by atoms with van der Waals surface area (Å²) in [5.74, 6) is 0.784. The lowest BCUT2D eigenvalue weighted by Crippen LogP contribution is -2.39. The molecule has 0 saturated carbocycles. The fourth-order valence-corrected chi connectivity index (χ4v) is 1.87. The van der Waals surface area contributed by atoms with Crippen molar-refractivity contribution in [1.82, 2.24) is 5.32 Å². The lowest BCUT2D eigenvalue weighted by atomic mass is 10.1. The molecule has 0 bridgehead atoms. The Bertz CT molecular complexity index is 488. The van der Waals surface area contributed by atoms with Crippen LogP contribution in [0.1, 0.15) is 26.3 Å². The average molecular weight is 307 g/mol. The highest BCUT2D eigenvalue weighted by atomic mass is 16.6. The number of benzene rings is 1. The third-order valence-electron chi connectivity index (χ3n) is 2.79. The van der Waals surface area contributed by atoms with Crippen LogP contribution in [0.15, 0.2) is 36.4 Å². The van der Waals surface area contributed by atoms with Crippen LogP contribution < -0.4 is 10.1 Å². The van der Waals surface area contributed by atoms with E-state index in [-0.39, 0.29) is 12.6 Å². The van der Waals surface area contributed by atoms with E-state index in [1.165, 1.54) is 0 Å². The molecule has 1 aromatic carbocycles. The van der Waals surface area contributed by atoms with E-state index in [1.807, 2.05) is 45.0 Å². The number of nitrogens with one attached hydrogen (secondary N) is 1. The molecule has 0 spiro atoms. The fraction of sp³-hybridized carbons (Fsp3) is 0.471. The summed E-state index contributed by atoms with van der Waals surface area (Å²) >= 11 is 0. The molecule has 0 unspecified atom stereocenters. The summed E-state index contributed by atoms with van der Waals surface area (Å²) in [6.07, 6.45) is 3.48. The Labute approximate surface area is 131 Å². The minimum Gasteiger partial charge on any atom is -0.497 e. The monoisotopic (exact) mass is 307 g/mol. The van der Waals surface area contributed by atoms with Crippen LogP contribution in [-0.4, -0.2) is 36.6 Å². The van der Waals surface area contributed by atoms with Gasteiger partial charge in [0.2, 0.25) is 0 Å². The normalized spacial score (nSPS) is 13.0. The largest absolute Gasteiger partial charge is 0.497 e. The van der Waals surface area contributed by atoms with Gasteiger partial charge in [-0.1, -0.05) is 24.3 Å². The van der Waals surface area contributed by atoms with Gasteiger partial charge in [-0.05, 0) is 44.9 Å². The maximum Gasteiger partial charge on any atom is 0.408 e.